The summed E-state index contributed by atoms with van der Waals surface area (Å²) < 4.78 is 9.79. The van der Waals surface area contributed by atoms with Crippen LogP contribution >= 0.6 is 0 Å². The SMILES string of the molecule is CC(C)C.COC(=O)C(C[C@@H]1CCCNC1=O)NC(=O)CNC(=O)[C@H](Cc1cccc2ccccc12)NC(=O)c1cc(C)on1. The van der Waals surface area contributed by atoms with Crippen LogP contribution in [-0.4, -0.2) is 67.0 Å². The highest BCUT2D eigenvalue weighted by Crippen LogP contribution is 2.20. The molecule has 3 aromatic rings. The van der Waals surface area contributed by atoms with Crippen molar-refractivity contribution in [2.75, 3.05) is 20.2 Å². The van der Waals surface area contributed by atoms with Crippen molar-refractivity contribution in [2.24, 2.45) is 11.8 Å². The van der Waals surface area contributed by atoms with Crippen molar-refractivity contribution in [1.82, 2.24) is 26.4 Å². The number of carbonyl (C=O) groups is 5. The van der Waals surface area contributed by atoms with Crippen LogP contribution in [0.5, 0.6) is 0 Å². The van der Waals surface area contributed by atoms with E-state index in [1.165, 1.54) is 13.2 Å². The van der Waals surface area contributed by atoms with Crippen LogP contribution in [0.2, 0.25) is 0 Å². The van der Waals surface area contributed by atoms with Gasteiger partial charge < -0.3 is 30.5 Å². The molecule has 1 saturated heterocycles. The summed E-state index contributed by atoms with van der Waals surface area (Å²) in [6, 6.07) is 12.7. The lowest BCUT2D eigenvalue weighted by atomic mass is 9.91. The first-order valence-electron chi connectivity index (χ1n) is 15.1. The molecule has 4 amide bonds. The van der Waals surface area contributed by atoms with Gasteiger partial charge in [-0.2, -0.15) is 0 Å². The van der Waals surface area contributed by atoms with E-state index in [0.717, 1.165) is 28.7 Å². The normalized spacial score (nSPS) is 15.6. The summed E-state index contributed by atoms with van der Waals surface area (Å²) in [4.78, 5) is 63.4. The number of aromatic nitrogens is 1. The highest BCUT2D eigenvalue weighted by Gasteiger charge is 2.31. The largest absolute Gasteiger partial charge is 0.467 e. The molecule has 3 atom stereocenters. The zero-order chi connectivity index (χ0) is 32.9. The summed E-state index contributed by atoms with van der Waals surface area (Å²) in [7, 11) is 1.20. The number of aryl methyl sites for hydroxylation is 1. The molecule has 0 aliphatic carbocycles. The van der Waals surface area contributed by atoms with Crippen molar-refractivity contribution in [3.63, 3.8) is 0 Å². The average Bonchev–Trinajstić information content (AvgIpc) is 3.46. The van der Waals surface area contributed by atoms with Crippen LogP contribution in [0.15, 0.2) is 53.1 Å². The van der Waals surface area contributed by atoms with Gasteiger partial charge in [0.05, 0.1) is 13.7 Å². The van der Waals surface area contributed by atoms with Gasteiger partial charge in [0.1, 0.15) is 17.8 Å². The smallest absolute Gasteiger partial charge is 0.328 e. The molecular weight excluding hydrogens is 578 g/mol. The monoisotopic (exact) mass is 621 g/mol. The summed E-state index contributed by atoms with van der Waals surface area (Å²) in [5, 5.41) is 16.2. The molecule has 0 saturated carbocycles. The standard InChI is InChI=1S/C29H33N5O7.C4H10/c1-17-13-23(34-41-17)28(38)33-22(14-19-9-5-8-18-7-3-4-11-21(18)19)27(37)31-16-25(35)32-24(29(39)40-2)15-20-10-6-12-30-26(20)36;1-4(2)3/h3-5,7-9,11,13,20,22,24H,6,10,12,14-16H2,1-2H3,(H,30,36)(H,31,37)(H,32,35)(H,33,38);4H,1-3H3/t20-,22-,24?;/m0./s1. The minimum Gasteiger partial charge on any atom is -0.467 e. The number of esters is 1. The Labute approximate surface area is 263 Å². The minimum atomic E-state index is -1.06. The van der Waals surface area contributed by atoms with E-state index in [-0.39, 0.29) is 24.4 Å². The van der Waals surface area contributed by atoms with Gasteiger partial charge in [-0.3, -0.25) is 19.2 Å². The number of amides is 4. The summed E-state index contributed by atoms with van der Waals surface area (Å²) in [5.41, 5.74) is 0.837. The second kappa shape index (κ2) is 16.9. The molecule has 0 radical (unpaired) electrons. The van der Waals surface area contributed by atoms with E-state index in [0.29, 0.717) is 18.7 Å². The summed E-state index contributed by atoms with van der Waals surface area (Å²) in [5.74, 6) is -1.90. The van der Waals surface area contributed by atoms with E-state index in [9.17, 15) is 24.0 Å². The number of carbonyl (C=O) groups excluding carboxylic acids is 5. The lowest BCUT2D eigenvalue weighted by molar-refractivity contribution is -0.146. The fraction of sp³-hybridized carbons (Fsp3) is 0.455. The Kier molecular flexibility index (Phi) is 13.1. The van der Waals surface area contributed by atoms with E-state index in [4.69, 9.17) is 9.26 Å². The second-order valence-corrected chi connectivity index (χ2v) is 11.7. The highest BCUT2D eigenvalue weighted by atomic mass is 16.5. The van der Waals surface area contributed by atoms with Crippen LogP contribution in [0.3, 0.4) is 0 Å². The number of methoxy groups -OCH3 is 1. The number of nitrogens with one attached hydrogen (secondary N) is 4. The van der Waals surface area contributed by atoms with Crippen LogP contribution < -0.4 is 21.3 Å². The molecule has 4 N–H and O–H groups in total. The van der Waals surface area contributed by atoms with Crippen molar-refractivity contribution >= 4 is 40.4 Å². The third-order valence-electron chi connectivity index (χ3n) is 6.95. The number of hydrogen-bond acceptors (Lipinski definition) is 8. The number of fused-ring (bicyclic) bond motifs is 1. The minimum absolute atomic E-state index is 0.0173. The maximum absolute atomic E-state index is 13.3. The first kappa shape index (κ1) is 34.7. The summed E-state index contributed by atoms with van der Waals surface area (Å²) in [6.45, 7) is 8.25. The van der Waals surface area contributed by atoms with E-state index in [2.05, 4.69) is 47.2 Å². The molecule has 12 heteroatoms. The van der Waals surface area contributed by atoms with Crippen molar-refractivity contribution in [2.45, 2.75) is 65.5 Å². The van der Waals surface area contributed by atoms with E-state index >= 15 is 0 Å². The Morgan fingerprint density at radius 3 is 2.42 bits per heavy atom. The lowest BCUT2D eigenvalue weighted by Gasteiger charge is -2.25. The predicted octanol–water partition coefficient (Wildman–Crippen LogP) is 2.83. The number of rotatable bonds is 11. The van der Waals surface area contributed by atoms with Crippen LogP contribution in [0, 0.1) is 18.8 Å². The van der Waals surface area contributed by atoms with Gasteiger partial charge in [-0.25, -0.2) is 4.79 Å². The fourth-order valence-corrected chi connectivity index (χ4v) is 4.84. The van der Waals surface area contributed by atoms with Crippen LogP contribution in [0.1, 0.15) is 61.8 Å². The molecule has 0 spiro atoms. The molecule has 2 heterocycles. The molecule has 45 heavy (non-hydrogen) atoms. The molecule has 242 valence electrons. The van der Waals surface area contributed by atoms with Crippen molar-refractivity contribution in [1.29, 1.82) is 0 Å². The van der Waals surface area contributed by atoms with E-state index in [1.807, 2.05) is 42.5 Å². The molecule has 1 aliphatic heterocycles. The molecule has 4 rings (SSSR count). The maximum atomic E-state index is 13.3. The van der Waals surface area contributed by atoms with E-state index in [1.54, 1.807) is 6.92 Å². The second-order valence-electron chi connectivity index (χ2n) is 11.7. The fourth-order valence-electron chi connectivity index (χ4n) is 4.84. The average molecular weight is 622 g/mol. The first-order chi connectivity index (χ1) is 21.5. The van der Waals surface area contributed by atoms with Crippen LogP contribution in [-0.2, 0) is 30.3 Å². The molecule has 12 nitrogen and oxygen atoms in total. The third-order valence-corrected chi connectivity index (χ3v) is 6.95. The number of nitrogens with zero attached hydrogens (tertiary/aromatic N) is 1. The Bertz CT molecular complexity index is 1480. The van der Waals surface area contributed by atoms with Gasteiger partial charge in [0.15, 0.2) is 5.69 Å². The van der Waals surface area contributed by atoms with Gasteiger partial charge in [0.2, 0.25) is 17.7 Å². The van der Waals surface area contributed by atoms with Gasteiger partial charge in [0, 0.05) is 24.9 Å². The molecule has 1 fully saturated rings. The van der Waals surface area contributed by atoms with Gasteiger partial charge in [-0.15, -0.1) is 0 Å². The third kappa shape index (κ3) is 10.7. The number of ether oxygens (including phenoxy) is 1. The van der Waals surface area contributed by atoms with Crippen LogP contribution in [0.4, 0.5) is 0 Å². The van der Waals surface area contributed by atoms with Gasteiger partial charge in [-0.05, 0) is 48.4 Å². The Morgan fingerprint density at radius 2 is 1.76 bits per heavy atom. The molecule has 1 aliphatic rings. The first-order valence-corrected chi connectivity index (χ1v) is 15.1. The van der Waals surface area contributed by atoms with E-state index < -0.39 is 48.2 Å². The zero-order valence-corrected chi connectivity index (χ0v) is 26.5. The maximum Gasteiger partial charge on any atom is 0.328 e. The summed E-state index contributed by atoms with van der Waals surface area (Å²) in [6.07, 6.45) is 1.58. The Hall–Kier alpha value is -4.74. The van der Waals surface area contributed by atoms with Crippen LogP contribution in [0.25, 0.3) is 10.8 Å². The molecule has 1 aromatic heterocycles. The quantitative estimate of drug-likeness (QED) is 0.237. The Balaban J connectivity index is 0.00000130. The lowest BCUT2D eigenvalue weighted by Crippen LogP contribution is -2.52. The van der Waals surface area contributed by atoms with Gasteiger partial charge >= 0.3 is 5.97 Å². The van der Waals surface area contributed by atoms with Crippen molar-refractivity contribution in [3.8, 4) is 0 Å². The molecule has 0 bridgehead atoms. The molecule has 1 unspecified atom stereocenters. The number of benzene rings is 2. The van der Waals surface area contributed by atoms with Gasteiger partial charge in [0.25, 0.3) is 5.91 Å². The predicted molar refractivity (Wildman–Crippen MR) is 168 cm³/mol. The van der Waals surface area contributed by atoms with Gasteiger partial charge in [-0.1, -0.05) is 68.4 Å². The van der Waals surface area contributed by atoms with Crippen molar-refractivity contribution < 1.29 is 33.2 Å². The zero-order valence-electron chi connectivity index (χ0n) is 26.5. The highest BCUT2D eigenvalue weighted by molar-refractivity contribution is 5.97. The van der Waals surface area contributed by atoms with Crippen molar-refractivity contribution in [3.05, 3.63) is 65.5 Å². The number of piperidine rings is 1. The topological polar surface area (TPSA) is 169 Å². The Morgan fingerprint density at radius 1 is 1.04 bits per heavy atom. The summed E-state index contributed by atoms with van der Waals surface area (Å²) >= 11 is 0. The molecular formula is C33H43N5O7. The number of hydrogen-bond donors (Lipinski definition) is 4. The molecule has 2 aromatic carbocycles.